The van der Waals surface area contributed by atoms with Crippen molar-refractivity contribution in [1.29, 1.82) is 0 Å². The lowest BCUT2D eigenvalue weighted by atomic mass is 10.4. The maximum absolute atomic E-state index is 12.7. The molecule has 0 bridgehead atoms. The van der Waals surface area contributed by atoms with Crippen LogP contribution in [0, 0.1) is 0 Å². The predicted molar refractivity (Wildman–Crippen MR) is 87.3 cm³/mol. The molecule has 0 saturated carbocycles. The summed E-state index contributed by atoms with van der Waals surface area (Å²) in [5, 5.41) is 2.41. The molecular formula is C12H15BrCl2N2O3S. The maximum Gasteiger partial charge on any atom is 0.246 e. The van der Waals surface area contributed by atoms with Crippen LogP contribution in [0.1, 0.15) is 13.3 Å². The van der Waals surface area contributed by atoms with Gasteiger partial charge in [-0.05, 0) is 18.6 Å². The van der Waals surface area contributed by atoms with Gasteiger partial charge in [0.15, 0.2) is 0 Å². The first-order valence-corrected chi connectivity index (χ1v) is 9.08. The summed E-state index contributed by atoms with van der Waals surface area (Å²) in [5.74, 6) is -0.406. The maximum atomic E-state index is 12.7. The lowest BCUT2D eigenvalue weighted by molar-refractivity contribution is -0.120. The SMILES string of the molecule is CCCN(CC(=O)NC)S(=O)(=O)c1c(Cl)cc(Br)cc1Cl. The summed E-state index contributed by atoms with van der Waals surface area (Å²) in [6.07, 6.45) is 0.558. The van der Waals surface area contributed by atoms with Crippen LogP contribution in [0.25, 0.3) is 0 Å². The number of nitrogens with one attached hydrogen (secondary N) is 1. The van der Waals surface area contributed by atoms with Gasteiger partial charge in [0.2, 0.25) is 15.9 Å². The van der Waals surface area contributed by atoms with Crippen molar-refractivity contribution >= 4 is 55.1 Å². The molecule has 0 fully saturated rings. The first kappa shape index (κ1) is 18.7. The van der Waals surface area contributed by atoms with Crippen LogP contribution in [0.2, 0.25) is 10.0 Å². The molecule has 5 nitrogen and oxygen atoms in total. The number of sulfonamides is 1. The van der Waals surface area contributed by atoms with Crippen LogP contribution in [-0.2, 0) is 14.8 Å². The van der Waals surface area contributed by atoms with Crippen LogP contribution in [-0.4, -0.2) is 38.8 Å². The number of amides is 1. The van der Waals surface area contributed by atoms with Crippen LogP contribution in [0.5, 0.6) is 0 Å². The van der Waals surface area contributed by atoms with E-state index in [2.05, 4.69) is 21.2 Å². The van der Waals surface area contributed by atoms with Crippen molar-refractivity contribution in [3.8, 4) is 0 Å². The Morgan fingerprint density at radius 1 is 1.33 bits per heavy atom. The minimum Gasteiger partial charge on any atom is -0.358 e. The van der Waals surface area contributed by atoms with Crippen LogP contribution in [0.3, 0.4) is 0 Å². The van der Waals surface area contributed by atoms with Gasteiger partial charge in [-0.2, -0.15) is 4.31 Å². The fraction of sp³-hybridized carbons (Fsp3) is 0.417. The zero-order valence-corrected chi connectivity index (χ0v) is 15.4. The summed E-state index contributed by atoms with van der Waals surface area (Å²) < 4.78 is 27.0. The van der Waals surface area contributed by atoms with E-state index in [0.717, 1.165) is 4.31 Å². The molecule has 1 aromatic carbocycles. The molecule has 118 valence electrons. The number of nitrogens with zero attached hydrogens (tertiary/aromatic N) is 1. The van der Waals surface area contributed by atoms with Crippen molar-refractivity contribution in [3.05, 3.63) is 26.7 Å². The molecule has 0 aromatic heterocycles. The Balaban J connectivity index is 3.32. The Morgan fingerprint density at radius 2 is 1.86 bits per heavy atom. The van der Waals surface area contributed by atoms with Crippen LogP contribution < -0.4 is 5.32 Å². The minimum atomic E-state index is -3.96. The Kier molecular flexibility index (Phi) is 6.93. The van der Waals surface area contributed by atoms with E-state index in [9.17, 15) is 13.2 Å². The average molecular weight is 418 g/mol. The van der Waals surface area contributed by atoms with Gasteiger partial charge in [-0.25, -0.2) is 8.42 Å². The van der Waals surface area contributed by atoms with Crippen LogP contribution in [0.15, 0.2) is 21.5 Å². The van der Waals surface area contributed by atoms with E-state index in [1.165, 1.54) is 19.2 Å². The Hall–Kier alpha value is -0.340. The van der Waals surface area contributed by atoms with E-state index in [0.29, 0.717) is 10.9 Å². The van der Waals surface area contributed by atoms with E-state index in [1.54, 1.807) is 0 Å². The summed E-state index contributed by atoms with van der Waals surface area (Å²) in [7, 11) is -2.52. The Morgan fingerprint density at radius 3 is 2.29 bits per heavy atom. The summed E-state index contributed by atoms with van der Waals surface area (Å²) in [6.45, 7) is 1.73. The average Bonchev–Trinajstić information content (AvgIpc) is 2.36. The molecule has 0 unspecified atom stereocenters. The highest BCUT2D eigenvalue weighted by Gasteiger charge is 2.30. The summed E-state index contributed by atoms with van der Waals surface area (Å²) in [5.41, 5.74) is 0. The van der Waals surface area contributed by atoms with Gasteiger partial charge in [-0.3, -0.25) is 4.79 Å². The van der Waals surface area contributed by atoms with Gasteiger partial charge in [-0.15, -0.1) is 0 Å². The lowest BCUT2D eigenvalue weighted by Gasteiger charge is -2.22. The first-order valence-electron chi connectivity index (χ1n) is 6.09. The van der Waals surface area contributed by atoms with Gasteiger partial charge in [0.25, 0.3) is 0 Å². The summed E-state index contributed by atoms with van der Waals surface area (Å²) in [6, 6.07) is 2.90. The monoisotopic (exact) mass is 416 g/mol. The highest BCUT2D eigenvalue weighted by Crippen LogP contribution is 2.34. The third-order valence-electron chi connectivity index (χ3n) is 2.63. The molecule has 9 heteroatoms. The molecule has 1 rings (SSSR count). The number of likely N-dealkylation sites (N-methyl/N-ethyl adjacent to an activating group) is 1. The van der Waals surface area contributed by atoms with E-state index in [-0.39, 0.29) is 28.0 Å². The highest BCUT2D eigenvalue weighted by molar-refractivity contribution is 9.10. The number of hydrogen-bond donors (Lipinski definition) is 1. The number of carbonyl (C=O) groups excluding carboxylic acids is 1. The largest absolute Gasteiger partial charge is 0.358 e. The minimum absolute atomic E-state index is 0.00684. The zero-order valence-electron chi connectivity index (χ0n) is 11.5. The van der Waals surface area contributed by atoms with Gasteiger partial charge in [0.1, 0.15) is 4.90 Å². The van der Waals surface area contributed by atoms with Gasteiger partial charge in [-0.1, -0.05) is 46.1 Å². The molecule has 0 saturated heterocycles. The Bertz CT molecular complexity index is 614. The number of carbonyl (C=O) groups is 1. The normalized spacial score (nSPS) is 11.7. The molecule has 1 aromatic rings. The molecule has 0 heterocycles. The van der Waals surface area contributed by atoms with E-state index < -0.39 is 15.9 Å². The predicted octanol–water partition coefficient (Wildman–Crippen LogP) is 2.90. The molecule has 0 radical (unpaired) electrons. The van der Waals surface area contributed by atoms with Gasteiger partial charge >= 0.3 is 0 Å². The smallest absolute Gasteiger partial charge is 0.246 e. The van der Waals surface area contributed by atoms with Crippen molar-refractivity contribution in [2.75, 3.05) is 20.1 Å². The van der Waals surface area contributed by atoms with Gasteiger partial charge in [0, 0.05) is 18.1 Å². The van der Waals surface area contributed by atoms with Crippen LogP contribution >= 0.6 is 39.1 Å². The fourth-order valence-corrected chi connectivity index (χ4v) is 5.05. The Labute approximate surface area is 142 Å². The van der Waals surface area contributed by atoms with Crippen LogP contribution in [0.4, 0.5) is 0 Å². The second-order valence-corrected chi connectivity index (χ2v) is 7.82. The highest BCUT2D eigenvalue weighted by atomic mass is 79.9. The molecule has 0 aliphatic heterocycles. The lowest BCUT2D eigenvalue weighted by Crippen LogP contribution is -2.40. The van der Waals surface area contributed by atoms with Crippen molar-refractivity contribution in [3.63, 3.8) is 0 Å². The fourth-order valence-electron chi connectivity index (χ4n) is 1.68. The molecule has 0 aliphatic rings. The van der Waals surface area contributed by atoms with E-state index in [1.807, 2.05) is 6.92 Å². The molecule has 0 aliphatic carbocycles. The third-order valence-corrected chi connectivity index (χ3v) is 5.86. The topological polar surface area (TPSA) is 66.5 Å². The number of benzene rings is 1. The number of hydrogen-bond acceptors (Lipinski definition) is 3. The quantitative estimate of drug-likeness (QED) is 0.773. The molecular weight excluding hydrogens is 403 g/mol. The number of halogens is 3. The second-order valence-electron chi connectivity index (χ2n) is 4.21. The van der Waals surface area contributed by atoms with Crippen molar-refractivity contribution in [2.24, 2.45) is 0 Å². The molecule has 0 spiro atoms. The molecule has 1 amide bonds. The van der Waals surface area contributed by atoms with Gasteiger partial charge in [0.05, 0.1) is 16.6 Å². The third kappa shape index (κ3) is 4.56. The first-order chi connectivity index (χ1) is 9.73. The summed E-state index contributed by atoms with van der Waals surface area (Å²) >= 11 is 15.2. The van der Waals surface area contributed by atoms with Gasteiger partial charge < -0.3 is 5.32 Å². The van der Waals surface area contributed by atoms with E-state index >= 15 is 0 Å². The van der Waals surface area contributed by atoms with Crippen molar-refractivity contribution in [1.82, 2.24) is 9.62 Å². The molecule has 0 atom stereocenters. The summed E-state index contributed by atoms with van der Waals surface area (Å²) in [4.78, 5) is 11.3. The van der Waals surface area contributed by atoms with Crippen molar-refractivity contribution in [2.45, 2.75) is 18.2 Å². The van der Waals surface area contributed by atoms with Crippen molar-refractivity contribution < 1.29 is 13.2 Å². The molecule has 21 heavy (non-hydrogen) atoms. The molecule has 1 N–H and O–H groups in total. The number of rotatable bonds is 6. The second kappa shape index (κ2) is 7.78. The standard InChI is InChI=1S/C12H15BrCl2N2O3S/c1-3-4-17(7-11(18)16-2)21(19,20)12-9(14)5-8(13)6-10(12)15/h5-6H,3-4,7H2,1-2H3,(H,16,18). The zero-order chi connectivity index (χ0) is 16.2. The van der Waals surface area contributed by atoms with E-state index in [4.69, 9.17) is 23.2 Å².